The first-order valence-electron chi connectivity index (χ1n) is 9.13. The Hall–Kier alpha value is -2.16. The van der Waals surface area contributed by atoms with Gasteiger partial charge in [-0.15, -0.1) is 24.0 Å². The topological polar surface area (TPSA) is 52.2 Å². The summed E-state index contributed by atoms with van der Waals surface area (Å²) in [6, 6.07) is 11.9. The summed E-state index contributed by atoms with van der Waals surface area (Å²) in [5.41, 5.74) is 2.69. The molecule has 0 radical (unpaired) electrons. The highest BCUT2D eigenvalue weighted by Gasteiger charge is 2.40. The van der Waals surface area contributed by atoms with Crippen LogP contribution >= 0.6 is 24.0 Å². The van der Waals surface area contributed by atoms with Gasteiger partial charge in [0.05, 0.1) is 0 Å². The van der Waals surface area contributed by atoms with Gasteiger partial charge in [-0.05, 0) is 48.2 Å². The van der Waals surface area contributed by atoms with Gasteiger partial charge in [-0.1, -0.05) is 18.2 Å². The Morgan fingerprint density at radius 1 is 1.21 bits per heavy atom. The van der Waals surface area contributed by atoms with Crippen LogP contribution in [-0.4, -0.2) is 30.6 Å². The number of nitrogens with zero attached hydrogens (tertiary/aromatic N) is 1. The zero-order valence-electron chi connectivity index (χ0n) is 15.5. The van der Waals surface area contributed by atoms with E-state index in [9.17, 15) is 8.78 Å². The molecule has 1 fully saturated rings. The van der Waals surface area contributed by atoms with Gasteiger partial charge in [0.2, 0.25) is 0 Å². The fourth-order valence-corrected chi connectivity index (χ4v) is 3.53. The van der Waals surface area contributed by atoms with E-state index >= 15 is 0 Å². The molecule has 0 spiro atoms. The van der Waals surface area contributed by atoms with Gasteiger partial charge in [0, 0.05) is 42.7 Å². The smallest absolute Gasteiger partial charge is 0.191 e. The average molecular weight is 496 g/mol. The summed E-state index contributed by atoms with van der Waals surface area (Å²) >= 11 is 0. The van der Waals surface area contributed by atoms with Crippen LogP contribution in [0, 0.1) is 11.6 Å². The lowest BCUT2D eigenvalue weighted by molar-refractivity contribution is 0.607. The molecule has 0 saturated heterocycles. The van der Waals surface area contributed by atoms with Crippen LogP contribution < -0.4 is 10.6 Å². The molecule has 2 aromatic carbocycles. The lowest BCUT2D eigenvalue weighted by atomic mass is 10.1. The van der Waals surface area contributed by atoms with Crippen LogP contribution in [0.2, 0.25) is 0 Å². The van der Waals surface area contributed by atoms with Crippen molar-refractivity contribution in [2.75, 3.05) is 13.6 Å². The second-order valence-electron chi connectivity index (χ2n) is 6.87. The second-order valence-corrected chi connectivity index (χ2v) is 6.87. The van der Waals surface area contributed by atoms with E-state index in [0.29, 0.717) is 12.5 Å². The monoisotopic (exact) mass is 496 g/mol. The Morgan fingerprint density at radius 2 is 2.04 bits per heavy atom. The summed E-state index contributed by atoms with van der Waals surface area (Å²) in [6.07, 6.45) is 3.60. The third-order valence-electron chi connectivity index (χ3n) is 5.06. The molecule has 1 aromatic heterocycles. The maximum absolute atomic E-state index is 13.9. The van der Waals surface area contributed by atoms with Crippen molar-refractivity contribution in [3.8, 4) is 0 Å². The molecule has 148 valence electrons. The molecular weight excluding hydrogens is 473 g/mol. The first-order chi connectivity index (χ1) is 13.2. The van der Waals surface area contributed by atoms with Gasteiger partial charge in [0.1, 0.15) is 11.6 Å². The van der Waals surface area contributed by atoms with Gasteiger partial charge >= 0.3 is 0 Å². The van der Waals surface area contributed by atoms with Crippen LogP contribution in [0.4, 0.5) is 8.78 Å². The average Bonchev–Trinajstić information content (AvgIpc) is 3.32. The molecule has 2 unspecified atom stereocenters. The molecule has 2 atom stereocenters. The number of fused-ring (bicyclic) bond motifs is 1. The highest BCUT2D eigenvalue weighted by Crippen LogP contribution is 2.41. The number of rotatable bonds is 5. The molecule has 1 aliphatic carbocycles. The quantitative estimate of drug-likeness (QED) is 0.280. The predicted molar refractivity (Wildman–Crippen MR) is 119 cm³/mol. The number of guanidine groups is 1. The number of aliphatic imine (C=N–C) groups is 1. The van der Waals surface area contributed by atoms with Crippen LogP contribution in [-0.2, 0) is 6.42 Å². The van der Waals surface area contributed by atoms with Gasteiger partial charge in [-0.25, -0.2) is 8.78 Å². The van der Waals surface area contributed by atoms with Gasteiger partial charge in [-0.2, -0.15) is 0 Å². The van der Waals surface area contributed by atoms with Crippen LogP contribution in [0.3, 0.4) is 0 Å². The van der Waals surface area contributed by atoms with Crippen molar-refractivity contribution in [1.82, 2.24) is 15.6 Å². The first-order valence-corrected chi connectivity index (χ1v) is 9.13. The van der Waals surface area contributed by atoms with Crippen molar-refractivity contribution in [3.63, 3.8) is 0 Å². The summed E-state index contributed by atoms with van der Waals surface area (Å²) in [7, 11) is 1.73. The number of hydrogen-bond donors (Lipinski definition) is 3. The molecule has 4 rings (SSSR count). The Morgan fingerprint density at radius 3 is 2.82 bits per heavy atom. The number of halogens is 3. The molecule has 4 nitrogen and oxygen atoms in total. The number of nitrogens with one attached hydrogen (secondary N) is 3. The van der Waals surface area contributed by atoms with Gasteiger partial charge in [-0.3, -0.25) is 4.99 Å². The molecule has 1 heterocycles. The minimum atomic E-state index is -0.243. The van der Waals surface area contributed by atoms with E-state index in [2.05, 4.69) is 20.6 Å². The fraction of sp³-hybridized carbons (Fsp3) is 0.286. The molecule has 3 N–H and O–H groups in total. The third kappa shape index (κ3) is 4.45. The van der Waals surface area contributed by atoms with E-state index < -0.39 is 0 Å². The number of hydrogen-bond acceptors (Lipinski definition) is 1. The van der Waals surface area contributed by atoms with E-state index in [1.54, 1.807) is 19.2 Å². The van der Waals surface area contributed by atoms with Crippen molar-refractivity contribution in [3.05, 3.63) is 71.4 Å². The van der Waals surface area contributed by atoms with Crippen LogP contribution in [0.25, 0.3) is 10.9 Å². The maximum Gasteiger partial charge on any atom is 0.191 e. The van der Waals surface area contributed by atoms with Crippen molar-refractivity contribution in [2.45, 2.75) is 24.8 Å². The van der Waals surface area contributed by atoms with E-state index in [-0.39, 0.29) is 47.6 Å². The van der Waals surface area contributed by atoms with Crippen molar-refractivity contribution in [1.29, 1.82) is 0 Å². The molecule has 0 aliphatic heterocycles. The summed E-state index contributed by atoms with van der Waals surface area (Å²) in [5.74, 6) is 0.510. The van der Waals surface area contributed by atoms with Crippen LogP contribution in [0.15, 0.2) is 53.7 Å². The SMILES string of the molecule is CN=C(NCCc1c[nH]c2cc(F)ccc12)NC1CC1c1ccccc1F.I. The summed E-state index contributed by atoms with van der Waals surface area (Å²) in [4.78, 5) is 7.36. The zero-order chi connectivity index (χ0) is 18.8. The fourth-order valence-electron chi connectivity index (χ4n) is 3.53. The Kier molecular flexibility index (Phi) is 6.53. The summed E-state index contributed by atoms with van der Waals surface area (Å²) < 4.78 is 27.2. The summed E-state index contributed by atoms with van der Waals surface area (Å²) in [6.45, 7) is 0.696. The molecule has 3 aromatic rings. The van der Waals surface area contributed by atoms with E-state index in [4.69, 9.17) is 0 Å². The van der Waals surface area contributed by atoms with E-state index in [1.807, 2.05) is 18.3 Å². The van der Waals surface area contributed by atoms with Crippen LogP contribution in [0.5, 0.6) is 0 Å². The Labute approximate surface area is 179 Å². The van der Waals surface area contributed by atoms with Crippen molar-refractivity contribution in [2.24, 2.45) is 4.99 Å². The van der Waals surface area contributed by atoms with E-state index in [1.165, 1.54) is 18.2 Å². The standard InChI is InChI=1S/C21H22F2N4.HI/c1-24-21(27-20-11-17(20)16-4-2-3-5-18(16)23)25-9-8-13-12-26-19-10-14(22)6-7-15(13)19;/h2-7,10,12,17,20,26H,8-9,11H2,1H3,(H2,24,25,27);1H. The first kappa shape index (κ1) is 20.6. The van der Waals surface area contributed by atoms with Gasteiger partial charge in [0.15, 0.2) is 5.96 Å². The largest absolute Gasteiger partial charge is 0.361 e. The normalized spacial score (nSPS) is 18.6. The Balaban J connectivity index is 0.00000225. The lowest BCUT2D eigenvalue weighted by Crippen LogP contribution is -2.39. The summed E-state index contributed by atoms with van der Waals surface area (Å²) in [5, 5.41) is 7.69. The molecule has 7 heteroatoms. The zero-order valence-corrected chi connectivity index (χ0v) is 17.8. The molecular formula is C21H23F2IN4. The molecule has 0 bridgehead atoms. The molecule has 28 heavy (non-hydrogen) atoms. The van der Waals surface area contributed by atoms with Crippen molar-refractivity contribution < 1.29 is 8.78 Å². The van der Waals surface area contributed by atoms with Gasteiger partial charge < -0.3 is 15.6 Å². The number of H-pyrrole nitrogens is 1. The predicted octanol–water partition coefficient (Wildman–Crippen LogP) is 4.33. The molecule has 0 amide bonds. The number of aromatic amines is 1. The minimum absolute atomic E-state index is 0. The van der Waals surface area contributed by atoms with E-state index in [0.717, 1.165) is 34.9 Å². The molecule has 1 saturated carbocycles. The third-order valence-corrected chi connectivity index (χ3v) is 5.06. The van der Waals surface area contributed by atoms with Crippen molar-refractivity contribution >= 4 is 40.8 Å². The highest BCUT2D eigenvalue weighted by atomic mass is 127. The van der Waals surface area contributed by atoms with Gasteiger partial charge in [0.25, 0.3) is 0 Å². The lowest BCUT2D eigenvalue weighted by Gasteiger charge is -2.12. The maximum atomic E-state index is 13.9. The molecule has 1 aliphatic rings. The highest BCUT2D eigenvalue weighted by molar-refractivity contribution is 14.0. The minimum Gasteiger partial charge on any atom is -0.361 e. The Bertz CT molecular complexity index is 985. The number of aromatic nitrogens is 1. The van der Waals surface area contributed by atoms with Crippen LogP contribution in [0.1, 0.15) is 23.5 Å². The second kappa shape index (κ2) is 8.89. The number of benzene rings is 2.